The highest BCUT2D eigenvalue weighted by Crippen LogP contribution is 2.29. The number of carboxylic acids is 1. The number of halogens is 1. The van der Waals surface area contributed by atoms with Crippen molar-refractivity contribution in [1.29, 1.82) is 0 Å². The number of ether oxygens (including phenoxy) is 2. The van der Waals surface area contributed by atoms with E-state index in [0.29, 0.717) is 36.1 Å². The standard InChI is InChI=1S/C21H23ClN2O4/c1-13-9-17(28-8-4-5-20(25)26)11-19-21(13)23-14(2)24(19)12-15-6-7-16(27-3)10-18(15)22/h6-7,9-11H,4-5,8,12H2,1-3H3,(H,25,26). The molecule has 0 radical (unpaired) electrons. The van der Waals surface area contributed by atoms with Gasteiger partial charge in [-0.3, -0.25) is 4.79 Å². The van der Waals surface area contributed by atoms with Crippen LogP contribution in [0.15, 0.2) is 30.3 Å². The topological polar surface area (TPSA) is 73.6 Å². The highest BCUT2D eigenvalue weighted by atomic mass is 35.5. The third-order valence-electron chi connectivity index (χ3n) is 4.60. The summed E-state index contributed by atoms with van der Waals surface area (Å²) in [6.45, 7) is 4.88. The summed E-state index contributed by atoms with van der Waals surface area (Å²) >= 11 is 6.41. The molecule has 1 aromatic heterocycles. The lowest BCUT2D eigenvalue weighted by atomic mass is 10.1. The van der Waals surface area contributed by atoms with Crippen LogP contribution < -0.4 is 9.47 Å². The van der Waals surface area contributed by atoms with Gasteiger partial charge in [0, 0.05) is 17.5 Å². The summed E-state index contributed by atoms with van der Waals surface area (Å²) in [4.78, 5) is 15.3. The van der Waals surface area contributed by atoms with Crippen molar-refractivity contribution in [2.75, 3.05) is 13.7 Å². The number of nitrogens with zero attached hydrogens (tertiary/aromatic N) is 2. The number of aryl methyl sites for hydroxylation is 2. The van der Waals surface area contributed by atoms with Crippen molar-refractivity contribution in [3.63, 3.8) is 0 Å². The third kappa shape index (κ3) is 4.39. The van der Waals surface area contributed by atoms with Crippen LogP contribution in [0.1, 0.15) is 29.8 Å². The zero-order valence-electron chi connectivity index (χ0n) is 16.2. The molecule has 1 heterocycles. The van der Waals surface area contributed by atoms with Crippen LogP contribution in [-0.2, 0) is 11.3 Å². The second-order valence-electron chi connectivity index (χ2n) is 6.66. The summed E-state index contributed by atoms with van der Waals surface area (Å²) in [5, 5.41) is 9.38. The first-order valence-electron chi connectivity index (χ1n) is 9.03. The first-order valence-corrected chi connectivity index (χ1v) is 9.41. The number of hydrogen-bond donors (Lipinski definition) is 1. The van der Waals surface area contributed by atoms with E-state index in [-0.39, 0.29) is 6.42 Å². The third-order valence-corrected chi connectivity index (χ3v) is 4.95. The number of hydrogen-bond acceptors (Lipinski definition) is 4. The number of carboxylic acid groups (broad SMARTS) is 1. The number of methoxy groups -OCH3 is 1. The van der Waals surface area contributed by atoms with Gasteiger partial charge in [-0.15, -0.1) is 0 Å². The van der Waals surface area contributed by atoms with Crippen LogP contribution in [0.3, 0.4) is 0 Å². The maximum absolute atomic E-state index is 10.6. The van der Waals surface area contributed by atoms with E-state index in [1.807, 2.05) is 38.1 Å². The van der Waals surface area contributed by atoms with Crippen LogP contribution in [0.5, 0.6) is 11.5 Å². The van der Waals surface area contributed by atoms with Gasteiger partial charge in [-0.1, -0.05) is 17.7 Å². The molecule has 0 saturated heterocycles. The molecule has 0 aliphatic rings. The maximum Gasteiger partial charge on any atom is 0.303 e. The second-order valence-corrected chi connectivity index (χ2v) is 7.06. The Morgan fingerprint density at radius 1 is 1.21 bits per heavy atom. The first kappa shape index (κ1) is 20.0. The zero-order chi connectivity index (χ0) is 20.3. The minimum absolute atomic E-state index is 0.0915. The molecule has 28 heavy (non-hydrogen) atoms. The average Bonchev–Trinajstić information content (AvgIpc) is 2.96. The Hall–Kier alpha value is -2.73. The van der Waals surface area contributed by atoms with Gasteiger partial charge in [0.05, 0.1) is 31.3 Å². The Kier molecular flexibility index (Phi) is 6.09. The van der Waals surface area contributed by atoms with Gasteiger partial charge >= 0.3 is 5.97 Å². The van der Waals surface area contributed by atoms with E-state index in [1.165, 1.54) is 0 Å². The molecular weight excluding hydrogens is 380 g/mol. The molecule has 0 aliphatic carbocycles. The fourth-order valence-corrected chi connectivity index (χ4v) is 3.36. The lowest BCUT2D eigenvalue weighted by Gasteiger charge is -2.12. The van der Waals surface area contributed by atoms with Gasteiger partial charge in [-0.2, -0.15) is 0 Å². The molecule has 0 bridgehead atoms. The van der Waals surface area contributed by atoms with Crippen LogP contribution in [0.2, 0.25) is 5.02 Å². The van der Waals surface area contributed by atoms with Crippen molar-refractivity contribution in [1.82, 2.24) is 9.55 Å². The maximum atomic E-state index is 10.6. The van der Waals surface area contributed by atoms with Crippen molar-refractivity contribution in [2.45, 2.75) is 33.2 Å². The van der Waals surface area contributed by atoms with Gasteiger partial charge in [-0.25, -0.2) is 4.98 Å². The van der Waals surface area contributed by atoms with Crippen molar-refractivity contribution in [3.05, 3.63) is 52.3 Å². The molecule has 2 aromatic carbocycles. The summed E-state index contributed by atoms with van der Waals surface area (Å²) in [6.07, 6.45) is 0.556. The minimum atomic E-state index is -0.819. The number of aromatic nitrogens is 2. The SMILES string of the molecule is COc1ccc(Cn2c(C)nc3c(C)cc(OCCCC(=O)O)cc32)c(Cl)c1. The Labute approximate surface area is 168 Å². The summed E-state index contributed by atoms with van der Waals surface area (Å²) in [6, 6.07) is 9.51. The first-order chi connectivity index (χ1) is 13.4. The summed E-state index contributed by atoms with van der Waals surface area (Å²) in [7, 11) is 1.61. The molecule has 0 atom stereocenters. The second kappa shape index (κ2) is 8.52. The molecule has 3 aromatic rings. The lowest BCUT2D eigenvalue weighted by molar-refractivity contribution is -0.137. The molecule has 0 saturated carbocycles. The molecule has 0 aliphatic heterocycles. The smallest absolute Gasteiger partial charge is 0.303 e. The fraction of sp³-hybridized carbons (Fsp3) is 0.333. The van der Waals surface area contributed by atoms with Crippen LogP contribution in [0.25, 0.3) is 11.0 Å². The van der Waals surface area contributed by atoms with Gasteiger partial charge in [0.25, 0.3) is 0 Å². The van der Waals surface area contributed by atoms with Gasteiger partial charge in [-0.05, 0) is 49.6 Å². The van der Waals surface area contributed by atoms with E-state index < -0.39 is 5.97 Å². The molecular formula is C21H23ClN2O4. The van der Waals surface area contributed by atoms with Crippen molar-refractivity contribution >= 4 is 28.6 Å². The molecule has 0 unspecified atom stereocenters. The predicted octanol–water partition coefficient (Wildman–Crippen LogP) is 4.61. The summed E-state index contributed by atoms with van der Waals surface area (Å²) in [5.74, 6) is 1.49. The number of fused-ring (bicyclic) bond motifs is 1. The van der Waals surface area contributed by atoms with Crippen LogP contribution in [-0.4, -0.2) is 34.3 Å². The van der Waals surface area contributed by atoms with E-state index >= 15 is 0 Å². The monoisotopic (exact) mass is 402 g/mol. The Morgan fingerprint density at radius 3 is 2.68 bits per heavy atom. The molecule has 3 rings (SSSR count). The normalized spacial score (nSPS) is 11.0. The largest absolute Gasteiger partial charge is 0.497 e. The highest BCUT2D eigenvalue weighted by molar-refractivity contribution is 6.31. The number of aliphatic carboxylic acids is 1. The van der Waals surface area contributed by atoms with Crippen molar-refractivity contribution < 1.29 is 19.4 Å². The number of imidazole rings is 1. The van der Waals surface area contributed by atoms with Crippen molar-refractivity contribution in [2.24, 2.45) is 0 Å². The Bertz CT molecular complexity index is 1010. The van der Waals surface area contributed by atoms with Gasteiger partial charge < -0.3 is 19.1 Å². The van der Waals surface area contributed by atoms with Crippen LogP contribution in [0, 0.1) is 13.8 Å². The Morgan fingerprint density at radius 2 is 2.00 bits per heavy atom. The molecule has 148 valence electrons. The fourth-order valence-electron chi connectivity index (χ4n) is 3.13. The number of benzene rings is 2. The van der Waals surface area contributed by atoms with E-state index in [9.17, 15) is 4.79 Å². The lowest BCUT2D eigenvalue weighted by Crippen LogP contribution is -2.04. The number of rotatable bonds is 8. The quantitative estimate of drug-likeness (QED) is 0.557. The van der Waals surface area contributed by atoms with E-state index in [2.05, 4.69) is 4.57 Å². The number of carbonyl (C=O) groups is 1. The summed E-state index contributed by atoms with van der Waals surface area (Å²) < 4.78 is 13.1. The summed E-state index contributed by atoms with van der Waals surface area (Å²) in [5.41, 5.74) is 3.85. The molecule has 0 spiro atoms. The molecule has 6 nitrogen and oxygen atoms in total. The molecule has 1 N–H and O–H groups in total. The van der Waals surface area contributed by atoms with Gasteiger partial charge in [0.15, 0.2) is 0 Å². The van der Waals surface area contributed by atoms with E-state index in [0.717, 1.165) is 28.0 Å². The molecule has 0 amide bonds. The molecule has 0 fully saturated rings. The zero-order valence-corrected chi connectivity index (χ0v) is 16.9. The van der Waals surface area contributed by atoms with Gasteiger partial charge in [0.1, 0.15) is 17.3 Å². The van der Waals surface area contributed by atoms with E-state index in [4.69, 9.17) is 31.2 Å². The van der Waals surface area contributed by atoms with Gasteiger partial charge in [0.2, 0.25) is 0 Å². The Balaban J connectivity index is 1.89. The molecule has 7 heteroatoms. The predicted molar refractivity (Wildman–Crippen MR) is 109 cm³/mol. The average molecular weight is 403 g/mol. The van der Waals surface area contributed by atoms with Crippen molar-refractivity contribution in [3.8, 4) is 11.5 Å². The highest BCUT2D eigenvalue weighted by Gasteiger charge is 2.14. The minimum Gasteiger partial charge on any atom is -0.497 e. The van der Waals surface area contributed by atoms with E-state index in [1.54, 1.807) is 13.2 Å². The van der Waals surface area contributed by atoms with Crippen LogP contribution in [0.4, 0.5) is 0 Å². The van der Waals surface area contributed by atoms with Crippen LogP contribution >= 0.6 is 11.6 Å².